The molecule has 2 aliphatic rings. The van der Waals surface area contributed by atoms with Crippen molar-refractivity contribution in [2.75, 3.05) is 65.2 Å². The van der Waals surface area contributed by atoms with E-state index >= 15 is 0 Å². The van der Waals surface area contributed by atoms with E-state index < -0.39 is 29.6 Å². The Balaban J connectivity index is 1.55. The van der Waals surface area contributed by atoms with Crippen LogP contribution in [0.2, 0.25) is 0 Å². The Morgan fingerprint density at radius 3 is 2.44 bits per heavy atom. The average molecular weight is 628 g/mol. The van der Waals surface area contributed by atoms with E-state index in [2.05, 4.69) is 23.1 Å². The number of ether oxygens (including phenoxy) is 5. The molecule has 248 valence electrons. The van der Waals surface area contributed by atoms with Crippen LogP contribution in [0.25, 0.3) is 0 Å². The van der Waals surface area contributed by atoms with E-state index in [9.17, 15) is 14.7 Å². The lowest BCUT2D eigenvalue weighted by molar-refractivity contribution is -0.127. The molecule has 0 aliphatic carbocycles. The molecule has 2 aromatic carbocycles. The minimum atomic E-state index is -1.03. The van der Waals surface area contributed by atoms with E-state index in [1.54, 1.807) is 28.1 Å². The van der Waals surface area contributed by atoms with Crippen LogP contribution in [0.5, 0.6) is 5.75 Å². The number of carbonyl (C=O) groups excluding carboxylic acids is 1. The minimum absolute atomic E-state index is 0.0933. The van der Waals surface area contributed by atoms with Gasteiger partial charge in [0.05, 0.1) is 51.3 Å². The summed E-state index contributed by atoms with van der Waals surface area (Å²) in [5, 5.41) is 10.2. The lowest BCUT2D eigenvalue weighted by Gasteiger charge is -2.44. The number of piperidine rings is 1. The number of primary amides is 1. The van der Waals surface area contributed by atoms with Crippen molar-refractivity contribution in [3.63, 3.8) is 0 Å². The number of nitrogens with two attached hydrogens (primary N) is 1. The molecule has 11 nitrogen and oxygen atoms in total. The van der Waals surface area contributed by atoms with Crippen LogP contribution in [0.15, 0.2) is 42.5 Å². The number of carbonyl (C=O) groups is 2. The summed E-state index contributed by atoms with van der Waals surface area (Å²) in [4.78, 5) is 28.4. The van der Waals surface area contributed by atoms with E-state index in [1.807, 2.05) is 24.3 Å². The standard InChI is InChI=1S/C34H49N3O8/c1-34(2,32(35)38)20-27-19-28(26-9-6-24(7-10-26)22-43-17-16-42-4)31(21-37(27)33(39)40)45-23-25-8-11-30-29(18-25)36(13-15-44-30)12-5-14-41-3/h6-11,18,27-28,31H,5,12-17,19-23H2,1-4H3,(H2,35,38)(H,39,40)/t27-,28-,31+/m1/s1. The van der Waals surface area contributed by atoms with Crippen molar-refractivity contribution in [3.8, 4) is 5.75 Å². The molecule has 3 N–H and O–H groups in total. The van der Waals surface area contributed by atoms with E-state index in [0.717, 1.165) is 47.6 Å². The Bertz CT molecular complexity index is 1250. The minimum Gasteiger partial charge on any atom is -0.490 e. The zero-order chi connectivity index (χ0) is 32.4. The lowest BCUT2D eigenvalue weighted by atomic mass is 9.76. The van der Waals surface area contributed by atoms with Crippen molar-refractivity contribution in [2.45, 2.75) is 64.4 Å². The fourth-order valence-corrected chi connectivity index (χ4v) is 6.12. The highest BCUT2D eigenvalue weighted by molar-refractivity contribution is 5.80. The molecular formula is C34H49N3O8. The molecule has 3 atom stereocenters. The molecule has 1 fully saturated rings. The Hall–Kier alpha value is -3.38. The predicted molar refractivity (Wildman–Crippen MR) is 171 cm³/mol. The summed E-state index contributed by atoms with van der Waals surface area (Å²) in [6.45, 7) is 8.54. The van der Waals surface area contributed by atoms with Crippen LogP contribution in [-0.2, 0) is 37.0 Å². The Labute approximate surface area is 266 Å². The normalized spacial score (nSPS) is 20.0. The molecule has 0 bridgehead atoms. The Morgan fingerprint density at radius 1 is 1.02 bits per heavy atom. The molecule has 2 aromatic rings. The second-order valence-electron chi connectivity index (χ2n) is 12.5. The molecular weight excluding hydrogens is 578 g/mol. The van der Waals surface area contributed by atoms with Crippen molar-refractivity contribution >= 4 is 17.7 Å². The predicted octanol–water partition coefficient (Wildman–Crippen LogP) is 4.41. The van der Waals surface area contributed by atoms with Crippen LogP contribution in [0.1, 0.15) is 55.7 Å². The van der Waals surface area contributed by atoms with Gasteiger partial charge in [0.2, 0.25) is 5.91 Å². The van der Waals surface area contributed by atoms with Gasteiger partial charge in [-0.1, -0.05) is 44.2 Å². The maximum atomic E-state index is 12.5. The van der Waals surface area contributed by atoms with Gasteiger partial charge in [-0.15, -0.1) is 0 Å². The molecule has 1 saturated heterocycles. The number of anilines is 1. The molecule has 11 heteroatoms. The number of rotatable bonds is 16. The van der Waals surface area contributed by atoms with Crippen molar-refractivity contribution in [3.05, 3.63) is 59.2 Å². The molecule has 0 radical (unpaired) electrons. The Kier molecular flexibility index (Phi) is 12.5. The second kappa shape index (κ2) is 16.3. The average Bonchev–Trinajstić information content (AvgIpc) is 3.02. The number of benzene rings is 2. The first-order chi connectivity index (χ1) is 21.6. The summed E-state index contributed by atoms with van der Waals surface area (Å²) in [5.74, 6) is 0.304. The monoisotopic (exact) mass is 627 g/mol. The SMILES string of the molecule is COCCCN1CCOc2ccc(CO[C@H]3CN(C(=O)O)[C@@H](CC(C)(C)C(N)=O)C[C@@H]3c3ccc(COCCOC)cc3)cc21. The molecule has 4 rings (SSSR count). The van der Waals surface area contributed by atoms with Crippen LogP contribution < -0.4 is 15.4 Å². The van der Waals surface area contributed by atoms with Crippen LogP contribution in [-0.4, -0.2) is 94.4 Å². The number of methoxy groups -OCH3 is 2. The van der Waals surface area contributed by atoms with Crippen LogP contribution in [0.4, 0.5) is 10.5 Å². The third-order valence-electron chi connectivity index (χ3n) is 8.78. The van der Waals surface area contributed by atoms with Crippen molar-refractivity contribution < 1.29 is 38.4 Å². The van der Waals surface area contributed by atoms with Gasteiger partial charge in [-0.25, -0.2) is 4.79 Å². The molecule has 45 heavy (non-hydrogen) atoms. The topological polar surface area (TPSA) is 133 Å². The second-order valence-corrected chi connectivity index (χ2v) is 12.5. The van der Waals surface area contributed by atoms with Gasteiger partial charge in [-0.3, -0.25) is 4.79 Å². The largest absolute Gasteiger partial charge is 0.490 e. The molecule has 0 spiro atoms. The van der Waals surface area contributed by atoms with Gasteiger partial charge in [-0.2, -0.15) is 0 Å². The van der Waals surface area contributed by atoms with Gasteiger partial charge in [-0.05, 0) is 48.1 Å². The van der Waals surface area contributed by atoms with Gasteiger partial charge in [0, 0.05) is 44.7 Å². The zero-order valence-corrected chi connectivity index (χ0v) is 27.0. The number of amides is 2. The summed E-state index contributed by atoms with van der Waals surface area (Å²) in [6.07, 6.45) is 0.309. The van der Waals surface area contributed by atoms with Crippen molar-refractivity contribution in [1.29, 1.82) is 0 Å². The molecule has 2 heterocycles. The first-order valence-corrected chi connectivity index (χ1v) is 15.7. The van der Waals surface area contributed by atoms with Gasteiger partial charge >= 0.3 is 6.09 Å². The van der Waals surface area contributed by atoms with Crippen molar-refractivity contribution in [2.24, 2.45) is 11.1 Å². The van der Waals surface area contributed by atoms with E-state index in [1.165, 1.54) is 4.90 Å². The molecule has 2 amide bonds. The fourth-order valence-electron chi connectivity index (χ4n) is 6.12. The summed E-state index contributed by atoms with van der Waals surface area (Å²) in [6, 6.07) is 13.9. The van der Waals surface area contributed by atoms with E-state index in [0.29, 0.717) is 52.5 Å². The number of hydrogen-bond acceptors (Lipinski definition) is 8. The zero-order valence-electron chi connectivity index (χ0n) is 27.0. The molecule has 2 aliphatic heterocycles. The third-order valence-corrected chi connectivity index (χ3v) is 8.78. The maximum absolute atomic E-state index is 12.5. The van der Waals surface area contributed by atoms with Gasteiger partial charge in [0.1, 0.15) is 12.4 Å². The van der Waals surface area contributed by atoms with Gasteiger partial charge < -0.3 is 44.3 Å². The van der Waals surface area contributed by atoms with Gasteiger partial charge in [0.25, 0.3) is 0 Å². The van der Waals surface area contributed by atoms with E-state index in [-0.39, 0.29) is 12.5 Å². The lowest BCUT2D eigenvalue weighted by Crippen LogP contribution is -2.54. The Morgan fingerprint density at radius 2 is 1.76 bits per heavy atom. The molecule has 0 unspecified atom stereocenters. The highest BCUT2D eigenvalue weighted by Crippen LogP contribution is 2.39. The quantitative estimate of drug-likeness (QED) is 0.260. The molecule has 0 aromatic heterocycles. The van der Waals surface area contributed by atoms with Gasteiger partial charge in [0.15, 0.2) is 0 Å². The highest BCUT2D eigenvalue weighted by Gasteiger charge is 2.42. The maximum Gasteiger partial charge on any atom is 0.407 e. The summed E-state index contributed by atoms with van der Waals surface area (Å²) in [5.41, 5.74) is 8.93. The van der Waals surface area contributed by atoms with Crippen LogP contribution in [0, 0.1) is 5.41 Å². The first-order valence-electron chi connectivity index (χ1n) is 15.7. The third kappa shape index (κ3) is 9.32. The highest BCUT2D eigenvalue weighted by atomic mass is 16.5. The smallest absolute Gasteiger partial charge is 0.407 e. The van der Waals surface area contributed by atoms with E-state index in [4.69, 9.17) is 29.4 Å². The summed E-state index contributed by atoms with van der Waals surface area (Å²) in [7, 11) is 3.35. The number of carboxylic acid groups (broad SMARTS) is 1. The molecule has 0 saturated carbocycles. The number of nitrogens with zero attached hydrogens (tertiary/aromatic N) is 2. The summed E-state index contributed by atoms with van der Waals surface area (Å²) < 4.78 is 28.5. The van der Waals surface area contributed by atoms with Crippen LogP contribution >= 0.6 is 0 Å². The fraction of sp³-hybridized carbons (Fsp3) is 0.588. The first kappa shape index (κ1) is 34.5. The van der Waals surface area contributed by atoms with Crippen molar-refractivity contribution in [1.82, 2.24) is 4.90 Å². The summed E-state index contributed by atoms with van der Waals surface area (Å²) >= 11 is 0. The van der Waals surface area contributed by atoms with Crippen LogP contribution in [0.3, 0.4) is 0 Å². The number of hydrogen-bond donors (Lipinski definition) is 2. The number of likely N-dealkylation sites (tertiary alicyclic amines) is 1. The number of fused-ring (bicyclic) bond motifs is 1.